The summed E-state index contributed by atoms with van der Waals surface area (Å²) in [7, 11) is 0. The molecule has 1 atom stereocenters. The van der Waals surface area contributed by atoms with Crippen molar-refractivity contribution < 1.29 is 9.63 Å². The fraction of sp³-hybridized carbons (Fsp3) is 0.357. The zero-order valence-electron chi connectivity index (χ0n) is 10.8. The molecule has 2 rings (SSSR count). The molecule has 1 heterocycles. The molecule has 1 aromatic heterocycles. The maximum atomic E-state index is 9.59. The largest absolute Gasteiger partial charge is 0.391 e. The summed E-state index contributed by atoms with van der Waals surface area (Å²) in [6.07, 6.45) is 0.901. The van der Waals surface area contributed by atoms with Crippen LogP contribution in [0.4, 0.5) is 0 Å². The van der Waals surface area contributed by atoms with Gasteiger partial charge in [-0.3, -0.25) is 0 Å². The Morgan fingerprint density at radius 2 is 1.95 bits per heavy atom. The Kier molecular flexibility index (Phi) is 4.50. The van der Waals surface area contributed by atoms with Gasteiger partial charge in [0.25, 0.3) is 0 Å². The van der Waals surface area contributed by atoms with E-state index in [1.807, 2.05) is 6.92 Å². The Bertz CT molecular complexity index is 561. The molecule has 5 heteroatoms. The lowest BCUT2D eigenvalue weighted by Gasteiger charge is -2.07. The average molecular weight is 300 g/mol. The Hall–Kier alpha value is -1.03. The molecule has 0 aliphatic heterocycles. The minimum absolute atomic E-state index is 0.153. The van der Waals surface area contributed by atoms with E-state index in [1.54, 1.807) is 18.2 Å². The van der Waals surface area contributed by atoms with E-state index in [1.165, 1.54) is 0 Å². The first-order valence-electron chi connectivity index (χ1n) is 6.13. The summed E-state index contributed by atoms with van der Waals surface area (Å²) in [6, 6.07) is 5.24. The predicted molar refractivity (Wildman–Crippen MR) is 76.6 cm³/mol. The summed E-state index contributed by atoms with van der Waals surface area (Å²) in [5, 5.41) is 14.6. The molecule has 1 unspecified atom stereocenters. The number of benzene rings is 1. The van der Waals surface area contributed by atoms with Crippen LogP contribution in [0, 0.1) is 0 Å². The van der Waals surface area contributed by atoms with Gasteiger partial charge < -0.3 is 9.63 Å². The van der Waals surface area contributed by atoms with E-state index in [9.17, 15) is 5.11 Å². The molecule has 2 aromatic rings. The summed E-state index contributed by atoms with van der Waals surface area (Å²) in [5.74, 6) is 0.876. The van der Waals surface area contributed by atoms with Crippen molar-refractivity contribution >= 4 is 23.2 Å². The highest BCUT2D eigenvalue weighted by molar-refractivity contribution is 6.39. The first-order chi connectivity index (χ1) is 9.10. The molecule has 0 saturated heterocycles. The molecular formula is C14H15Cl2NO2. The van der Waals surface area contributed by atoms with Crippen molar-refractivity contribution in [3.05, 3.63) is 39.6 Å². The number of hydrogen-bond donors (Lipinski definition) is 1. The van der Waals surface area contributed by atoms with E-state index in [0.29, 0.717) is 32.6 Å². The second-order valence-electron chi connectivity index (χ2n) is 4.44. The van der Waals surface area contributed by atoms with Gasteiger partial charge in [-0.2, -0.15) is 0 Å². The molecule has 3 nitrogen and oxygen atoms in total. The second-order valence-corrected chi connectivity index (χ2v) is 5.25. The zero-order chi connectivity index (χ0) is 14.0. The van der Waals surface area contributed by atoms with Crippen LogP contribution in [0.15, 0.2) is 22.7 Å². The SMILES string of the molecule is CCC(C)c1onc(-c2c(Cl)cccc2Cl)c1CO. The summed E-state index contributed by atoms with van der Waals surface area (Å²) in [5.41, 5.74) is 1.78. The van der Waals surface area contributed by atoms with E-state index >= 15 is 0 Å². The van der Waals surface area contributed by atoms with Crippen LogP contribution >= 0.6 is 23.2 Å². The third-order valence-corrected chi connectivity index (χ3v) is 3.87. The Labute approximate surface area is 122 Å². The maximum Gasteiger partial charge on any atom is 0.145 e. The van der Waals surface area contributed by atoms with Crippen LogP contribution in [0.2, 0.25) is 10.0 Å². The van der Waals surface area contributed by atoms with Crippen LogP contribution in [0.25, 0.3) is 11.3 Å². The standard InChI is InChI=1S/C14H15Cl2NO2/c1-3-8(2)14-9(7-18)13(17-19-14)12-10(15)5-4-6-11(12)16/h4-6,8,18H,3,7H2,1-2H3. The highest BCUT2D eigenvalue weighted by Crippen LogP contribution is 2.38. The molecular weight excluding hydrogens is 285 g/mol. The van der Waals surface area contributed by atoms with Gasteiger partial charge in [0.2, 0.25) is 0 Å². The predicted octanol–water partition coefficient (Wildman–Crippen LogP) is 4.65. The third kappa shape index (κ3) is 2.64. The molecule has 0 saturated carbocycles. The lowest BCUT2D eigenvalue weighted by molar-refractivity contribution is 0.275. The molecule has 0 spiro atoms. The fourth-order valence-electron chi connectivity index (χ4n) is 1.97. The van der Waals surface area contributed by atoms with Crippen LogP contribution in [0.1, 0.15) is 37.5 Å². The van der Waals surface area contributed by atoms with Gasteiger partial charge in [-0.1, -0.05) is 48.3 Å². The van der Waals surface area contributed by atoms with E-state index in [2.05, 4.69) is 12.1 Å². The van der Waals surface area contributed by atoms with Crippen molar-refractivity contribution in [2.45, 2.75) is 32.8 Å². The Balaban J connectivity index is 2.60. The van der Waals surface area contributed by atoms with E-state index in [4.69, 9.17) is 27.7 Å². The molecule has 0 bridgehead atoms. The minimum Gasteiger partial charge on any atom is -0.391 e. The van der Waals surface area contributed by atoms with E-state index < -0.39 is 0 Å². The van der Waals surface area contributed by atoms with Crippen LogP contribution in [-0.4, -0.2) is 10.3 Å². The molecule has 1 aromatic carbocycles. The van der Waals surface area contributed by atoms with Crippen molar-refractivity contribution in [2.75, 3.05) is 0 Å². The van der Waals surface area contributed by atoms with E-state index in [-0.39, 0.29) is 12.5 Å². The van der Waals surface area contributed by atoms with Crippen molar-refractivity contribution in [3.8, 4) is 11.3 Å². The lowest BCUT2D eigenvalue weighted by atomic mass is 9.98. The summed E-state index contributed by atoms with van der Waals surface area (Å²) < 4.78 is 5.38. The average Bonchev–Trinajstić information content (AvgIpc) is 2.81. The number of hydrogen-bond acceptors (Lipinski definition) is 3. The molecule has 1 N–H and O–H groups in total. The number of nitrogens with zero attached hydrogens (tertiary/aromatic N) is 1. The Morgan fingerprint density at radius 3 is 2.47 bits per heavy atom. The smallest absolute Gasteiger partial charge is 0.145 e. The molecule has 0 amide bonds. The van der Waals surface area contributed by atoms with Crippen molar-refractivity contribution in [1.29, 1.82) is 0 Å². The Morgan fingerprint density at radius 1 is 1.32 bits per heavy atom. The molecule has 0 aliphatic carbocycles. The number of aliphatic hydroxyl groups excluding tert-OH is 1. The normalized spacial score (nSPS) is 12.7. The van der Waals surface area contributed by atoms with Crippen LogP contribution in [0.3, 0.4) is 0 Å². The summed E-state index contributed by atoms with van der Waals surface area (Å²) in [6.45, 7) is 3.92. The highest BCUT2D eigenvalue weighted by Gasteiger charge is 2.23. The van der Waals surface area contributed by atoms with Gasteiger partial charge in [0.05, 0.1) is 16.7 Å². The van der Waals surface area contributed by atoms with Gasteiger partial charge in [0.1, 0.15) is 11.5 Å². The summed E-state index contributed by atoms with van der Waals surface area (Å²) >= 11 is 12.3. The van der Waals surface area contributed by atoms with Gasteiger partial charge in [0, 0.05) is 17.0 Å². The van der Waals surface area contributed by atoms with Gasteiger partial charge in [-0.15, -0.1) is 0 Å². The number of rotatable bonds is 4. The fourth-order valence-corrected chi connectivity index (χ4v) is 2.54. The van der Waals surface area contributed by atoms with Crippen LogP contribution in [-0.2, 0) is 6.61 Å². The third-order valence-electron chi connectivity index (χ3n) is 3.24. The highest BCUT2D eigenvalue weighted by atomic mass is 35.5. The minimum atomic E-state index is -0.153. The lowest BCUT2D eigenvalue weighted by Crippen LogP contribution is -1.96. The zero-order valence-corrected chi connectivity index (χ0v) is 12.3. The number of halogens is 2. The first kappa shape index (κ1) is 14.4. The maximum absolute atomic E-state index is 9.59. The molecule has 0 radical (unpaired) electrons. The van der Waals surface area contributed by atoms with Crippen LogP contribution < -0.4 is 0 Å². The topological polar surface area (TPSA) is 46.3 Å². The van der Waals surface area contributed by atoms with Gasteiger partial charge >= 0.3 is 0 Å². The number of aromatic nitrogens is 1. The van der Waals surface area contributed by atoms with Gasteiger partial charge in [-0.05, 0) is 18.6 Å². The van der Waals surface area contributed by atoms with Crippen LogP contribution in [0.5, 0.6) is 0 Å². The molecule has 0 aliphatic rings. The monoisotopic (exact) mass is 299 g/mol. The quantitative estimate of drug-likeness (QED) is 0.893. The summed E-state index contributed by atoms with van der Waals surface area (Å²) in [4.78, 5) is 0. The first-order valence-corrected chi connectivity index (χ1v) is 6.89. The van der Waals surface area contributed by atoms with Crippen molar-refractivity contribution in [2.24, 2.45) is 0 Å². The van der Waals surface area contributed by atoms with Crippen molar-refractivity contribution in [3.63, 3.8) is 0 Å². The van der Waals surface area contributed by atoms with Gasteiger partial charge in [0.15, 0.2) is 0 Å². The molecule has 102 valence electrons. The molecule has 19 heavy (non-hydrogen) atoms. The van der Waals surface area contributed by atoms with Crippen molar-refractivity contribution in [1.82, 2.24) is 5.16 Å². The van der Waals surface area contributed by atoms with E-state index in [0.717, 1.165) is 6.42 Å². The van der Waals surface area contributed by atoms with Gasteiger partial charge in [-0.25, -0.2) is 0 Å². The second kappa shape index (κ2) is 5.95. The number of aliphatic hydroxyl groups is 1. The molecule has 0 fully saturated rings.